The number of carbonyl (C=O) groups is 3. The molecule has 1 aliphatic heterocycles. The number of ether oxygens (including phenoxy) is 1. The number of methoxy groups -OCH3 is 1. The summed E-state index contributed by atoms with van der Waals surface area (Å²) in [5.74, 6) is -0.180. The molecule has 2 fully saturated rings. The number of carbonyl (C=O) groups excluding carboxylic acids is 3. The van der Waals surface area contributed by atoms with Gasteiger partial charge in [0.25, 0.3) is 5.91 Å². The maximum Gasteiger partial charge on any atom is 0.255 e. The molecular formula is C23H20N2O4. The highest BCUT2D eigenvalue weighted by Gasteiger charge is 2.59. The van der Waals surface area contributed by atoms with Gasteiger partial charge in [0, 0.05) is 17.3 Å². The van der Waals surface area contributed by atoms with Crippen LogP contribution in [0.5, 0.6) is 5.75 Å². The average Bonchev–Trinajstić information content (AvgIpc) is 3.42. The van der Waals surface area contributed by atoms with Gasteiger partial charge in [-0.1, -0.05) is 24.3 Å². The first kappa shape index (κ1) is 17.7. The summed E-state index contributed by atoms with van der Waals surface area (Å²) >= 11 is 0. The lowest BCUT2D eigenvalue weighted by molar-refractivity contribution is -0.123. The Hall–Kier alpha value is -3.41. The van der Waals surface area contributed by atoms with Crippen LogP contribution in [0, 0.1) is 23.7 Å². The summed E-state index contributed by atoms with van der Waals surface area (Å²) < 4.78 is 5.17. The Labute approximate surface area is 168 Å². The minimum atomic E-state index is -0.318. The van der Waals surface area contributed by atoms with Crippen LogP contribution < -0.4 is 15.0 Å². The third kappa shape index (κ3) is 2.75. The SMILES string of the molecule is COc1cccc(NC(=O)c2cccc(N3C(=O)[C@H]4[C@H](C3=O)[C@H]3C=C[C@H]4C3)c2)c1. The van der Waals surface area contributed by atoms with E-state index in [9.17, 15) is 14.4 Å². The van der Waals surface area contributed by atoms with Gasteiger partial charge < -0.3 is 10.1 Å². The van der Waals surface area contributed by atoms with E-state index in [4.69, 9.17) is 4.74 Å². The number of amides is 3. The number of hydrogen-bond acceptors (Lipinski definition) is 4. The summed E-state index contributed by atoms with van der Waals surface area (Å²) in [6, 6.07) is 13.7. The molecular weight excluding hydrogens is 368 g/mol. The van der Waals surface area contributed by atoms with Crippen LogP contribution in [0.1, 0.15) is 16.8 Å². The molecule has 2 aromatic carbocycles. The molecule has 3 amide bonds. The number of nitrogens with zero attached hydrogens (tertiary/aromatic N) is 1. The second-order valence-electron chi connectivity index (χ2n) is 7.75. The molecule has 0 unspecified atom stereocenters. The van der Waals surface area contributed by atoms with E-state index >= 15 is 0 Å². The van der Waals surface area contributed by atoms with Crippen LogP contribution in [0.3, 0.4) is 0 Å². The van der Waals surface area contributed by atoms with Gasteiger partial charge >= 0.3 is 0 Å². The normalized spacial score (nSPS) is 26.7. The Morgan fingerprint density at radius 2 is 1.69 bits per heavy atom. The van der Waals surface area contributed by atoms with E-state index in [1.807, 2.05) is 0 Å². The van der Waals surface area contributed by atoms with Crippen molar-refractivity contribution in [2.24, 2.45) is 23.7 Å². The van der Waals surface area contributed by atoms with Gasteiger partial charge in [-0.25, -0.2) is 4.90 Å². The first-order chi connectivity index (χ1) is 14.1. The molecule has 2 bridgehead atoms. The number of anilines is 2. The topological polar surface area (TPSA) is 75.7 Å². The molecule has 1 saturated heterocycles. The van der Waals surface area contributed by atoms with Crippen LogP contribution >= 0.6 is 0 Å². The number of allylic oxidation sites excluding steroid dienone is 2. The first-order valence-corrected chi connectivity index (χ1v) is 9.68. The number of benzene rings is 2. The standard InChI is InChI=1S/C23H20N2O4/c1-29-18-7-3-5-16(12-18)24-21(26)15-4-2-6-17(11-15)25-22(27)19-13-8-9-14(10-13)20(19)23(25)28/h2-9,11-14,19-20H,10H2,1H3,(H,24,26)/t13-,14-,19+,20+/m0/s1. The average molecular weight is 388 g/mol. The Morgan fingerprint density at radius 3 is 2.38 bits per heavy atom. The molecule has 1 saturated carbocycles. The molecule has 1 heterocycles. The quantitative estimate of drug-likeness (QED) is 0.644. The Bertz CT molecular complexity index is 1030. The van der Waals surface area contributed by atoms with Crippen LogP contribution in [0.15, 0.2) is 60.7 Å². The van der Waals surface area contributed by atoms with Gasteiger partial charge in [0.15, 0.2) is 0 Å². The Morgan fingerprint density at radius 1 is 1.00 bits per heavy atom. The van der Waals surface area contributed by atoms with Gasteiger partial charge in [-0.05, 0) is 48.6 Å². The second-order valence-corrected chi connectivity index (χ2v) is 7.75. The molecule has 0 aromatic heterocycles. The van der Waals surface area contributed by atoms with E-state index in [0.29, 0.717) is 22.7 Å². The highest BCUT2D eigenvalue weighted by Crippen LogP contribution is 2.53. The predicted molar refractivity (Wildman–Crippen MR) is 108 cm³/mol. The van der Waals surface area contributed by atoms with Crippen LogP contribution in [0.4, 0.5) is 11.4 Å². The lowest BCUT2D eigenvalue weighted by Crippen LogP contribution is -2.33. The van der Waals surface area contributed by atoms with Crippen molar-refractivity contribution in [1.82, 2.24) is 0 Å². The molecule has 5 rings (SSSR count). The van der Waals surface area contributed by atoms with Gasteiger partial charge in [-0.3, -0.25) is 14.4 Å². The highest BCUT2D eigenvalue weighted by atomic mass is 16.5. The zero-order chi connectivity index (χ0) is 20.1. The number of rotatable bonds is 4. The number of fused-ring (bicyclic) bond motifs is 5. The van der Waals surface area contributed by atoms with E-state index in [1.54, 1.807) is 55.6 Å². The van der Waals surface area contributed by atoms with E-state index in [-0.39, 0.29) is 41.4 Å². The summed E-state index contributed by atoms with van der Waals surface area (Å²) in [6.07, 6.45) is 5.03. The largest absolute Gasteiger partial charge is 0.497 e. The molecule has 6 nitrogen and oxygen atoms in total. The molecule has 29 heavy (non-hydrogen) atoms. The number of imide groups is 1. The minimum absolute atomic E-state index is 0.151. The molecule has 2 aliphatic carbocycles. The molecule has 2 aromatic rings. The van der Waals surface area contributed by atoms with Gasteiger partial charge in [0.2, 0.25) is 11.8 Å². The molecule has 0 radical (unpaired) electrons. The van der Waals surface area contributed by atoms with Gasteiger partial charge in [-0.15, -0.1) is 0 Å². The van der Waals surface area contributed by atoms with E-state index in [1.165, 1.54) is 4.90 Å². The van der Waals surface area contributed by atoms with E-state index < -0.39 is 0 Å². The van der Waals surface area contributed by atoms with Crippen molar-refractivity contribution in [2.45, 2.75) is 6.42 Å². The summed E-state index contributed by atoms with van der Waals surface area (Å²) in [7, 11) is 1.56. The lowest BCUT2D eigenvalue weighted by Gasteiger charge is -2.18. The summed E-state index contributed by atoms with van der Waals surface area (Å²) in [5.41, 5.74) is 1.43. The molecule has 0 spiro atoms. The third-order valence-corrected chi connectivity index (χ3v) is 6.16. The van der Waals surface area contributed by atoms with Gasteiger partial charge in [0.05, 0.1) is 24.6 Å². The van der Waals surface area contributed by atoms with Crippen molar-refractivity contribution in [1.29, 1.82) is 0 Å². The smallest absolute Gasteiger partial charge is 0.255 e. The second kappa shape index (κ2) is 6.58. The molecule has 6 heteroatoms. The molecule has 3 aliphatic rings. The maximum absolute atomic E-state index is 13.0. The zero-order valence-corrected chi connectivity index (χ0v) is 15.9. The highest BCUT2D eigenvalue weighted by molar-refractivity contribution is 6.23. The molecule has 146 valence electrons. The Kier molecular flexibility index (Phi) is 4.01. The van der Waals surface area contributed by atoms with Gasteiger partial charge in [0.1, 0.15) is 5.75 Å². The van der Waals surface area contributed by atoms with E-state index in [0.717, 1.165) is 6.42 Å². The zero-order valence-electron chi connectivity index (χ0n) is 15.9. The lowest BCUT2D eigenvalue weighted by atomic mass is 9.85. The first-order valence-electron chi connectivity index (χ1n) is 9.68. The fraction of sp³-hybridized carbons (Fsp3) is 0.261. The Balaban J connectivity index is 1.39. The summed E-state index contributed by atoms with van der Waals surface area (Å²) in [5, 5.41) is 2.82. The monoisotopic (exact) mass is 388 g/mol. The molecule has 1 N–H and O–H groups in total. The van der Waals surface area contributed by atoms with Crippen LogP contribution in [-0.4, -0.2) is 24.8 Å². The van der Waals surface area contributed by atoms with Crippen LogP contribution in [-0.2, 0) is 9.59 Å². The van der Waals surface area contributed by atoms with Crippen molar-refractivity contribution in [3.63, 3.8) is 0 Å². The number of nitrogens with one attached hydrogen (secondary N) is 1. The third-order valence-electron chi connectivity index (χ3n) is 6.16. The maximum atomic E-state index is 13.0. The van der Waals surface area contributed by atoms with Crippen molar-refractivity contribution in [2.75, 3.05) is 17.3 Å². The summed E-state index contributed by atoms with van der Waals surface area (Å²) in [4.78, 5) is 39.9. The van der Waals surface area contributed by atoms with Crippen molar-refractivity contribution in [3.05, 3.63) is 66.2 Å². The van der Waals surface area contributed by atoms with Crippen LogP contribution in [0.2, 0.25) is 0 Å². The number of hydrogen-bond donors (Lipinski definition) is 1. The fourth-order valence-electron chi connectivity index (χ4n) is 4.85. The summed E-state index contributed by atoms with van der Waals surface area (Å²) in [6.45, 7) is 0. The predicted octanol–water partition coefficient (Wildman–Crippen LogP) is 3.26. The fourth-order valence-corrected chi connectivity index (χ4v) is 4.85. The van der Waals surface area contributed by atoms with Crippen molar-refractivity contribution >= 4 is 29.1 Å². The van der Waals surface area contributed by atoms with E-state index in [2.05, 4.69) is 17.5 Å². The minimum Gasteiger partial charge on any atom is -0.497 e. The van der Waals surface area contributed by atoms with Crippen molar-refractivity contribution < 1.29 is 19.1 Å². The van der Waals surface area contributed by atoms with Gasteiger partial charge in [-0.2, -0.15) is 0 Å². The molecule has 4 atom stereocenters. The van der Waals surface area contributed by atoms with Crippen LogP contribution in [0.25, 0.3) is 0 Å². The van der Waals surface area contributed by atoms with Crippen molar-refractivity contribution in [3.8, 4) is 5.75 Å².